The van der Waals surface area contributed by atoms with Crippen LogP contribution in [-0.2, 0) is 118 Å². The fourth-order valence-electron chi connectivity index (χ4n) is 16.2. The van der Waals surface area contributed by atoms with Crippen molar-refractivity contribution in [2.24, 2.45) is 17.4 Å². The number of benzene rings is 5. The Morgan fingerprint density at radius 1 is 0.496 bits per heavy atom. The summed E-state index contributed by atoms with van der Waals surface area (Å²) in [5.41, 5.74) is 12.6. The van der Waals surface area contributed by atoms with Crippen LogP contribution in [0.2, 0.25) is 0 Å². The number of carboxylic acid groups (broad SMARTS) is 2. The van der Waals surface area contributed by atoms with Gasteiger partial charge in [0.1, 0.15) is 84.3 Å². The van der Waals surface area contributed by atoms with Crippen molar-refractivity contribution < 1.29 is 125 Å². The Kier molecular flexibility index (Phi) is 37.7. The van der Waals surface area contributed by atoms with Crippen LogP contribution < -0.4 is 59.3 Å². The number of hydrogen-bond acceptors (Lipinski definition) is 22. The van der Waals surface area contributed by atoms with Gasteiger partial charge >= 0.3 is 11.9 Å². The minimum Gasteiger partial charge on any atom is -0.508 e. The van der Waals surface area contributed by atoms with E-state index in [0.29, 0.717) is 57.9 Å². The van der Waals surface area contributed by atoms with Crippen LogP contribution >= 0.6 is 11.8 Å². The van der Waals surface area contributed by atoms with Crippen molar-refractivity contribution >= 4 is 129 Å². The molecule has 1 aromatic heterocycles. The molecule has 726 valence electrons. The number of thioether (sulfide) groups is 1. The molecule has 16 amide bonds. The van der Waals surface area contributed by atoms with Gasteiger partial charge < -0.3 is 114 Å². The summed E-state index contributed by atoms with van der Waals surface area (Å²) in [7, 11) is 3.48. The average molecular weight is 1900 g/mol. The van der Waals surface area contributed by atoms with Gasteiger partial charge in [0.15, 0.2) is 17.5 Å². The zero-order chi connectivity index (χ0) is 98.9. The Morgan fingerprint density at radius 2 is 0.993 bits per heavy atom. The molecule has 6 aromatic rings. The van der Waals surface area contributed by atoms with Crippen LogP contribution in [0.4, 0.5) is 13.2 Å². The Labute approximate surface area is 777 Å². The van der Waals surface area contributed by atoms with E-state index in [1.807, 2.05) is 0 Å². The number of rotatable bonds is 24. The third-order valence-electron chi connectivity index (χ3n) is 23.4. The first-order chi connectivity index (χ1) is 64.0. The molecule has 0 saturated carbocycles. The molecular formula is C91H112F3N17O23S. The van der Waals surface area contributed by atoms with E-state index in [1.54, 1.807) is 91.9 Å². The normalized spacial score (nSPS) is 24.4. The second-order valence-electron chi connectivity index (χ2n) is 33.8. The number of H-pyrrole nitrogens is 1. The van der Waals surface area contributed by atoms with Crippen LogP contribution in [0.25, 0.3) is 10.9 Å². The first kappa shape index (κ1) is 105. The van der Waals surface area contributed by atoms with E-state index in [0.717, 1.165) is 38.6 Å². The number of carbonyl (C=O) groups excluding carboxylic acids is 16. The number of aromatic hydroxyl groups is 1. The number of carbonyl (C=O) groups is 18. The first-order valence-electron chi connectivity index (χ1n) is 43.6. The smallest absolute Gasteiger partial charge is 0.305 e. The van der Waals surface area contributed by atoms with Gasteiger partial charge in [0.2, 0.25) is 94.5 Å². The number of aromatic amines is 1. The van der Waals surface area contributed by atoms with Gasteiger partial charge in [0.05, 0.1) is 37.3 Å². The molecule has 0 unspecified atom stereocenters. The average Bonchev–Trinajstić information content (AvgIpc) is 1.68. The number of amides is 16. The van der Waals surface area contributed by atoms with Crippen molar-refractivity contribution in [3.63, 3.8) is 0 Å². The zero-order valence-corrected chi connectivity index (χ0v) is 75.6. The van der Waals surface area contributed by atoms with Gasteiger partial charge in [0.25, 0.3) is 0 Å². The van der Waals surface area contributed by atoms with Crippen LogP contribution in [0, 0.1) is 23.4 Å². The monoisotopic (exact) mass is 1900 g/mol. The molecule has 0 spiro atoms. The number of aliphatic carboxylic acids is 2. The Balaban J connectivity index is 1.15. The van der Waals surface area contributed by atoms with Crippen molar-refractivity contribution in [3.05, 3.63) is 173 Å². The number of aliphatic hydroxyl groups is 2. The number of hydrogen-bond donors (Lipinski definition) is 17. The number of halogens is 3. The lowest BCUT2D eigenvalue weighted by Gasteiger charge is -2.38. The molecule has 40 nitrogen and oxygen atoms in total. The molecule has 3 saturated heterocycles. The number of fused-ring (bicyclic) bond motifs is 3. The summed E-state index contributed by atoms with van der Waals surface area (Å²) in [5, 5.41) is 76.2. The molecule has 9 rings (SSSR count). The van der Waals surface area contributed by atoms with E-state index in [4.69, 9.17) is 11.5 Å². The summed E-state index contributed by atoms with van der Waals surface area (Å²) < 4.78 is 45.0. The molecule has 0 radical (unpaired) electrons. The fourth-order valence-corrected chi connectivity index (χ4v) is 17.0. The number of nitrogens with two attached hydrogens (primary N) is 2. The molecule has 4 heterocycles. The number of carboxylic acids is 2. The van der Waals surface area contributed by atoms with Crippen LogP contribution in [0.3, 0.4) is 0 Å². The second-order valence-corrected chi connectivity index (χ2v) is 34.9. The number of aromatic nitrogens is 1. The van der Waals surface area contributed by atoms with Crippen molar-refractivity contribution in [2.75, 3.05) is 52.3 Å². The van der Waals surface area contributed by atoms with Gasteiger partial charge in [-0.3, -0.25) is 86.3 Å². The van der Waals surface area contributed by atoms with E-state index < -0.39 is 315 Å². The highest BCUT2D eigenvalue weighted by molar-refractivity contribution is 8.00. The maximum absolute atomic E-state index is 15.7. The quantitative estimate of drug-likeness (QED) is 0.0307. The number of aliphatic hydroxyl groups excluding tert-OH is 2. The number of nitrogens with one attached hydrogen (secondary N) is 10. The van der Waals surface area contributed by atoms with Crippen LogP contribution in [0.1, 0.15) is 106 Å². The first-order valence-corrected chi connectivity index (χ1v) is 44.8. The molecule has 15 atom stereocenters. The summed E-state index contributed by atoms with van der Waals surface area (Å²) in [6, 6.07) is 5.06. The SMILES string of the molecule is CCCC[C@H]1C(=O)N2C[C@H](O)C[C@@H]2C(=O)N[C@@H](CC(=O)O)C(=O)N[C@@H](C(C)C)C(=O)N(C)[C@@H](Cc2ccccc2)C(=O)N[C@@H](CCC(=O)O)C(=O)N2C[C@H](O)C[C@@H]2C(=O)N[C@@H](Cc2c[nH]c3ccccc23)C(=O)N[C@@H](Cc2ccc(O)cc2)C(=O)N[C@@H](CC(N)=O)C(=O)N[C@H](C(=O)NCC(N)=O)CSCC(=O)N[C@@H](Cc2cc(F)c(F)c(F)c2)C(=O)N(C)[C@@H](Cc2ccccc2)C(=O)N1C. The lowest BCUT2D eigenvalue weighted by Crippen LogP contribution is -2.62. The van der Waals surface area contributed by atoms with Gasteiger partial charge in [-0.1, -0.05) is 125 Å². The highest BCUT2D eigenvalue weighted by Gasteiger charge is 2.48. The number of primary amides is 2. The Bertz CT molecular complexity index is 5330. The highest BCUT2D eigenvalue weighted by Crippen LogP contribution is 2.29. The predicted octanol–water partition coefficient (Wildman–Crippen LogP) is -1.50. The van der Waals surface area contributed by atoms with E-state index in [9.17, 15) is 73.1 Å². The topological polar surface area (TPSA) is 601 Å². The van der Waals surface area contributed by atoms with E-state index in [1.165, 1.54) is 51.4 Å². The van der Waals surface area contributed by atoms with Crippen LogP contribution in [-0.4, -0.2) is 305 Å². The number of nitrogens with zero attached hydrogens (tertiary/aromatic N) is 5. The molecular weight excluding hydrogens is 1790 g/mol. The van der Waals surface area contributed by atoms with Crippen molar-refractivity contribution in [3.8, 4) is 5.75 Å². The standard InChI is InChI=1S/C91H112F3N17O23S/c1-7-8-23-67-90(133)111-44-55(114)38-70(111)86(129)104-64(40-76(120)121)83(126)106-78(47(2)3)91(134)108(5)68(34-48-17-11-9-12-18-48)84(127)100-60(28-29-75(118)119)88(131)110-43-54(113)37-69(110)85(128)103-62(36-52-41-97-59-22-16-15-21-56(52)59)81(124)101-61(32-50-24-26-53(112)27-25-50)80(123)102-63(39-72(95)115)82(125)105-66(79(122)98-42-73(96)116)45-135-46-74(117)99-65(33-51-30-57(92)77(94)58(93)31-51)87(130)109(6)71(89(132)107(67)4)35-49-19-13-10-14-20-49/h9-22,24-27,30-31,41,47,54-55,60-71,78,97,112-114H,7-8,23,28-29,32-40,42-46H2,1-6H3,(H2,95,115)(H2,96,116)(H,98,122)(H,99,117)(H,100,127)(H,101,124)(H,102,123)(H,103,128)(H,104,129)(H,105,125)(H,106,126)(H,118,119)(H,120,121)/t54-,55-,60+,61+,62+,63+,64+,65+,66+,67+,68+,69-,70-,71+,78+/m1/s1. The maximum Gasteiger partial charge on any atom is 0.305 e. The van der Waals surface area contributed by atoms with E-state index >= 15 is 51.9 Å². The summed E-state index contributed by atoms with van der Waals surface area (Å²) in [5.74, 6) is -29.7. The lowest BCUT2D eigenvalue weighted by molar-refractivity contribution is -0.152. The van der Waals surface area contributed by atoms with Gasteiger partial charge in [-0.15, -0.1) is 11.8 Å². The number of likely N-dealkylation sites (N-methyl/N-ethyl adjacent to an activating group) is 3. The van der Waals surface area contributed by atoms with Crippen molar-refractivity contribution in [1.29, 1.82) is 0 Å². The van der Waals surface area contributed by atoms with Gasteiger partial charge in [-0.2, -0.15) is 0 Å². The molecule has 135 heavy (non-hydrogen) atoms. The molecule has 3 aliphatic rings. The lowest BCUT2D eigenvalue weighted by atomic mass is 9.98. The summed E-state index contributed by atoms with van der Waals surface area (Å²) in [6.07, 6.45) is -8.52. The van der Waals surface area contributed by atoms with Crippen LogP contribution in [0.5, 0.6) is 5.75 Å². The maximum atomic E-state index is 15.7. The number of para-hydroxylation sites is 1. The van der Waals surface area contributed by atoms with Crippen molar-refractivity contribution in [1.82, 2.24) is 77.3 Å². The molecule has 5 aromatic carbocycles. The third-order valence-corrected chi connectivity index (χ3v) is 24.4. The minimum atomic E-state index is -2.09. The zero-order valence-electron chi connectivity index (χ0n) is 74.8. The third kappa shape index (κ3) is 29.0. The minimum absolute atomic E-state index is 0.169. The van der Waals surface area contributed by atoms with E-state index in [-0.39, 0.29) is 37.0 Å². The van der Waals surface area contributed by atoms with E-state index in [2.05, 4.69) is 52.8 Å². The number of unbranched alkanes of at least 4 members (excludes halogenated alkanes) is 1. The molecule has 3 aliphatic heterocycles. The largest absolute Gasteiger partial charge is 0.508 e. The predicted molar refractivity (Wildman–Crippen MR) is 478 cm³/mol. The molecule has 3 fully saturated rings. The molecule has 19 N–H and O–H groups in total. The van der Waals surface area contributed by atoms with Crippen LogP contribution in [0.15, 0.2) is 128 Å². The van der Waals surface area contributed by atoms with Gasteiger partial charge in [-0.25, -0.2) is 13.2 Å². The number of phenolic OH excluding ortho intramolecular Hbond substituents is 1. The summed E-state index contributed by atoms with van der Waals surface area (Å²) in [4.78, 5) is 270. The second kappa shape index (κ2) is 48.6. The Hall–Kier alpha value is -14.0. The highest BCUT2D eigenvalue weighted by atomic mass is 32.2. The Morgan fingerprint density at radius 3 is 1.56 bits per heavy atom. The fraction of sp³-hybridized carbons (Fsp3) is 0.451. The summed E-state index contributed by atoms with van der Waals surface area (Å²) in [6.45, 7) is 2.56. The molecule has 0 bridgehead atoms. The van der Waals surface area contributed by atoms with Gasteiger partial charge in [-0.05, 0) is 76.9 Å². The van der Waals surface area contributed by atoms with Crippen molar-refractivity contribution in [2.45, 2.75) is 201 Å². The van der Waals surface area contributed by atoms with Gasteiger partial charge in [0, 0.05) is 108 Å². The number of phenols is 1. The summed E-state index contributed by atoms with van der Waals surface area (Å²) >= 11 is 0.548. The molecule has 44 heteroatoms. The molecule has 0 aliphatic carbocycles.